The number of fused-ring (bicyclic) bond motifs is 1. The van der Waals surface area contributed by atoms with E-state index in [0.717, 1.165) is 6.07 Å². The SMILES string of the molecule is O=C(O)c1ccc2c(c1)CCC2NS(=O)(=O)c1cc(S(=O)(=O)c2ccccc2)ccc1C(F)(F)F. The van der Waals surface area contributed by atoms with Crippen LogP contribution in [0.3, 0.4) is 0 Å². The van der Waals surface area contributed by atoms with Crippen molar-refractivity contribution in [1.82, 2.24) is 4.72 Å². The fourth-order valence-corrected chi connectivity index (χ4v) is 6.87. The zero-order chi connectivity index (χ0) is 25.6. The second kappa shape index (κ2) is 8.77. The molecule has 1 unspecified atom stereocenters. The van der Waals surface area contributed by atoms with Crippen LogP contribution in [-0.2, 0) is 32.5 Å². The van der Waals surface area contributed by atoms with Gasteiger partial charge in [-0.05, 0) is 66.4 Å². The van der Waals surface area contributed by atoms with Gasteiger partial charge in [0.05, 0.1) is 25.8 Å². The number of nitrogens with one attached hydrogen (secondary N) is 1. The first-order valence-electron chi connectivity index (χ1n) is 10.2. The molecule has 3 aromatic carbocycles. The van der Waals surface area contributed by atoms with E-state index in [0.29, 0.717) is 29.7 Å². The van der Waals surface area contributed by atoms with Crippen LogP contribution in [-0.4, -0.2) is 27.9 Å². The monoisotopic (exact) mass is 525 g/mol. The summed E-state index contributed by atoms with van der Waals surface area (Å²) in [6.45, 7) is 0. The number of carbonyl (C=O) groups is 1. The van der Waals surface area contributed by atoms with E-state index in [1.807, 2.05) is 0 Å². The first-order chi connectivity index (χ1) is 16.3. The van der Waals surface area contributed by atoms with Gasteiger partial charge in [0.2, 0.25) is 19.9 Å². The zero-order valence-electron chi connectivity index (χ0n) is 17.8. The van der Waals surface area contributed by atoms with E-state index in [1.54, 1.807) is 6.07 Å². The highest BCUT2D eigenvalue weighted by molar-refractivity contribution is 7.91. The molecule has 4 rings (SSSR count). The topological polar surface area (TPSA) is 118 Å². The van der Waals surface area contributed by atoms with Gasteiger partial charge in [-0.1, -0.05) is 24.3 Å². The lowest BCUT2D eigenvalue weighted by Gasteiger charge is -2.19. The Hall–Kier alpha value is -3.22. The molecule has 184 valence electrons. The average Bonchev–Trinajstić information content (AvgIpc) is 3.20. The third-order valence-electron chi connectivity index (χ3n) is 5.68. The lowest BCUT2D eigenvalue weighted by molar-refractivity contribution is -0.139. The number of sulfonamides is 1. The fraction of sp³-hybridized carbons (Fsp3) is 0.174. The number of aryl methyl sites for hydroxylation is 1. The molecule has 0 aliphatic heterocycles. The summed E-state index contributed by atoms with van der Waals surface area (Å²) in [5, 5.41) is 9.13. The van der Waals surface area contributed by atoms with Crippen molar-refractivity contribution >= 4 is 25.8 Å². The Bertz CT molecular complexity index is 1520. The lowest BCUT2D eigenvalue weighted by atomic mass is 10.1. The second-order valence-electron chi connectivity index (χ2n) is 7.90. The van der Waals surface area contributed by atoms with Crippen molar-refractivity contribution in [3.63, 3.8) is 0 Å². The van der Waals surface area contributed by atoms with Gasteiger partial charge in [0.1, 0.15) is 0 Å². The van der Waals surface area contributed by atoms with E-state index in [1.165, 1.54) is 42.5 Å². The molecule has 1 aliphatic rings. The van der Waals surface area contributed by atoms with E-state index in [4.69, 9.17) is 5.11 Å². The minimum Gasteiger partial charge on any atom is -0.478 e. The molecule has 35 heavy (non-hydrogen) atoms. The van der Waals surface area contributed by atoms with Crippen molar-refractivity contribution in [1.29, 1.82) is 0 Å². The predicted octanol–water partition coefficient (Wildman–Crippen LogP) is 4.20. The van der Waals surface area contributed by atoms with Crippen molar-refractivity contribution < 1.29 is 39.9 Å². The maximum Gasteiger partial charge on any atom is 0.417 e. The van der Waals surface area contributed by atoms with Crippen LogP contribution in [0.4, 0.5) is 13.2 Å². The summed E-state index contributed by atoms with van der Waals surface area (Å²) in [6, 6.07) is 11.8. The highest BCUT2D eigenvalue weighted by atomic mass is 32.2. The van der Waals surface area contributed by atoms with Crippen LogP contribution in [0.1, 0.15) is 39.5 Å². The van der Waals surface area contributed by atoms with E-state index in [-0.39, 0.29) is 16.9 Å². The highest BCUT2D eigenvalue weighted by Crippen LogP contribution is 2.38. The first-order valence-corrected chi connectivity index (χ1v) is 13.2. The van der Waals surface area contributed by atoms with Crippen molar-refractivity contribution in [3.8, 4) is 0 Å². The fourth-order valence-electron chi connectivity index (χ4n) is 3.99. The molecular formula is C23H18F3NO6S2. The van der Waals surface area contributed by atoms with E-state index in [2.05, 4.69) is 4.72 Å². The minimum atomic E-state index is -5.07. The van der Waals surface area contributed by atoms with Crippen LogP contribution in [0.5, 0.6) is 0 Å². The number of halogens is 3. The minimum absolute atomic E-state index is 0.00503. The number of hydrogen-bond donors (Lipinski definition) is 2. The van der Waals surface area contributed by atoms with Gasteiger partial charge in [-0.3, -0.25) is 0 Å². The quantitative estimate of drug-likeness (QED) is 0.498. The maximum atomic E-state index is 13.7. The van der Waals surface area contributed by atoms with E-state index >= 15 is 0 Å². The Morgan fingerprint density at radius 1 is 0.914 bits per heavy atom. The van der Waals surface area contributed by atoms with Gasteiger partial charge in [0.15, 0.2) is 0 Å². The molecular weight excluding hydrogens is 507 g/mol. The normalized spacial score (nSPS) is 16.1. The summed E-state index contributed by atoms with van der Waals surface area (Å²) in [5.74, 6) is -1.16. The Kier molecular flexibility index (Phi) is 6.24. The summed E-state index contributed by atoms with van der Waals surface area (Å²) < 4.78 is 95.5. The van der Waals surface area contributed by atoms with Gasteiger partial charge >= 0.3 is 12.1 Å². The van der Waals surface area contributed by atoms with Gasteiger partial charge in [0, 0.05) is 6.04 Å². The molecule has 0 radical (unpaired) electrons. The molecule has 0 fully saturated rings. The van der Waals surface area contributed by atoms with Crippen LogP contribution >= 0.6 is 0 Å². The number of aromatic carboxylic acids is 1. The predicted molar refractivity (Wildman–Crippen MR) is 118 cm³/mol. The van der Waals surface area contributed by atoms with Gasteiger partial charge in [0.25, 0.3) is 0 Å². The van der Waals surface area contributed by atoms with Crippen LogP contribution in [0.15, 0.2) is 81.4 Å². The number of alkyl halides is 3. The highest BCUT2D eigenvalue weighted by Gasteiger charge is 2.39. The first kappa shape index (κ1) is 24.9. The van der Waals surface area contributed by atoms with Gasteiger partial charge in [-0.25, -0.2) is 26.4 Å². The molecule has 7 nitrogen and oxygen atoms in total. The molecule has 12 heteroatoms. The lowest BCUT2D eigenvalue weighted by Crippen LogP contribution is -2.29. The molecule has 0 saturated heterocycles. The van der Waals surface area contributed by atoms with Crippen molar-refractivity contribution in [3.05, 3.63) is 89.0 Å². The summed E-state index contributed by atoms with van der Waals surface area (Å²) in [7, 11) is -9.13. The van der Waals surface area contributed by atoms with E-state index < -0.39 is 53.4 Å². The standard InChI is InChI=1S/C23H18F3NO6S2/c24-23(25,26)19-10-8-17(34(30,31)16-4-2-1-3-5-16)13-21(19)35(32,33)27-20-11-7-14-12-15(22(28)29)6-9-18(14)20/h1-6,8-10,12-13,20,27H,7,11H2,(H,28,29). The number of sulfone groups is 1. The molecule has 2 N–H and O–H groups in total. The smallest absolute Gasteiger partial charge is 0.417 e. The summed E-state index contributed by atoms with van der Waals surface area (Å²) in [5.41, 5.74) is -0.490. The number of carboxylic acids is 1. The molecule has 0 heterocycles. The Morgan fingerprint density at radius 3 is 2.23 bits per heavy atom. The Labute approximate surface area is 199 Å². The number of benzene rings is 3. The molecule has 1 atom stereocenters. The van der Waals surface area contributed by atoms with Crippen molar-refractivity contribution in [2.24, 2.45) is 0 Å². The number of hydrogen-bond acceptors (Lipinski definition) is 5. The molecule has 0 saturated carbocycles. The maximum absolute atomic E-state index is 13.7. The Morgan fingerprint density at radius 2 is 1.60 bits per heavy atom. The zero-order valence-corrected chi connectivity index (χ0v) is 19.4. The molecule has 1 aliphatic carbocycles. The molecule has 0 amide bonds. The van der Waals surface area contributed by atoms with Gasteiger partial charge < -0.3 is 5.11 Å². The summed E-state index contributed by atoms with van der Waals surface area (Å²) in [6.07, 6.45) is -4.55. The van der Waals surface area contributed by atoms with Crippen LogP contribution in [0.2, 0.25) is 0 Å². The van der Waals surface area contributed by atoms with Gasteiger partial charge in [-0.15, -0.1) is 0 Å². The molecule has 3 aromatic rings. The van der Waals surface area contributed by atoms with E-state index in [9.17, 15) is 34.8 Å². The molecule has 0 spiro atoms. The second-order valence-corrected chi connectivity index (χ2v) is 11.5. The summed E-state index contributed by atoms with van der Waals surface area (Å²) in [4.78, 5) is 9.16. The van der Waals surface area contributed by atoms with Crippen LogP contribution in [0.25, 0.3) is 0 Å². The van der Waals surface area contributed by atoms with Gasteiger partial charge in [-0.2, -0.15) is 13.2 Å². The third kappa shape index (κ3) is 4.81. The average molecular weight is 526 g/mol. The third-order valence-corrected chi connectivity index (χ3v) is 8.96. The number of rotatable bonds is 6. The molecule has 0 aromatic heterocycles. The van der Waals surface area contributed by atoms with Crippen LogP contribution < -0.4 is 4.72 Å². The Balaban J connectivity index is 1.77. The van der Waals surface area contributed by atoms with Crippen molar-refractivity contribution in [2.75, 3.05) is 0 Å². The number of carboxylic acid groups (broad SMARTS) is 1. The van der Waals surface area contributed by atoms with Crippen LogP contribution in [0, 0.1) is 0 Å². The van der Waals surface area contributed by atoms with Crippen molar-refractivity contribution in [2.45, 2.75) is 39.7 Å². The molecule has 0 bridgehead atoms. The summed E-state index contributed by atoms with van der Waals surface area (Å²) >= 11 is 0. The largest absolute Gasteiger partial charge is 0.478 e.